The van der Waals surface area contributed by atoms with Gasteiger partial charge in [-0.2, -0.15) is 0 Å². The molecule has 0 aliphatic rings. The summed E-state index contributed by atoms with van der Waals surface area (Å²) in [7, 11) is 0. The number of allylic oxidation sites excluding steroid dienone is 18. The average molecular weight is 873 g/mol. The SMILES string of the molecule is CC/C=C\C/C=C\C/C=C\C/C=C\CCCCC(=O)OC[C@H](COC(=O)CCCCCCC/C=C\CCCCCC)OC(=O)CCC/C=C\C/C=C\C/C=C\C/C=C\CCCCC. The van der Waals surface area contributed by atoms with Gasteiger partial charge in [0.2, 0.25) is 0 Å². The first kappa shape index (κ1) is 59.1. The minimum atomic E-state index is -0.828. The Hall–Kier alpha value is -3.93. The van der Waals surface area contributed by atoms with Gasteiger partial charge in [-0.05, 0) is 122 Å². The van der Waals surface area contributed by atoms with Gasteiger partial charge in [0.1, 0.15) is 13.2 Å². The van der Waals surface area contributed by atoms with Gasteiger partial charge < -0.3 is 14.2 Å². The lowest BCUT2D eigenvalue weighted by Gasteiger charge is -2.18. The molecule has 0 spiro atoms. The molecule has 0 amide bonds. The van der Waals surface area contributed by atoms with Crippen LogP contribution in [0.5, 0.6) is 0 Å². The smallest absolute Gasteiger partial charge is 0.306 e. The second kappa shape index (κ2) is 50.7. The Labute approximate surface area is 387 Å². The van der Waals surface area contributed by atoms with Gasteiger partial charge in [-0.15, -0.1) is 0 Å². The number of carbonyl (C=O) groups excluding carboxylic acids is 3. The van der Waals surface area contributed by atoms with Crippen molar-refractivity contribution < 1.29 is 28.6 Å². The molecule has 0 unspecified atom stereocenters. The molecule has 0 aromatic rings. The van der Waals surface area contributed by atoms with E-state index in [-0.39, 0.29) is 37.5 Å². The van der Waals surface area contributed by atoms with Crippen molar-refractivity contribution >= 4 is 17.9 Å². The zero-order chi connectivity index (χ0) is 45.8. The van der Waals surface area contributed by atoms with E-state index in [9.17, 15) is 14.4 Å². The van der Waals surface area contributed by atoms with Crippen LogP contribution in [0.2, 0.25) is 0 Å². The van der Waals surface area contributed by atoms with E-state index in [4.69, 9.17) is 14.2 Å². The predicted octanol–water partition coefficient (Wildman–Crippen LogP) is 16.8. The molecule has 63 heavy (non-hydrogen) atoms. The molecule has 6 nitrogen and oxygen atoms in total. The minimum absolute atomic E-state index is 0.119. The van der Waals surface area contributed by atoms with Crippen molar-refractivity contribution in [1.29, 1.82) is 0 Å². The van der Waals surface area contributed by atoms with Gasteiger partial charge in [0.25, 0.3) is 0 Å². The number of esters is 3. The molecule has 0 rings (SSSR count). The molecule has 6 heteroatoms. The van der Waals surface area contributed by atoms with Crippen LogP contribution in [0, 0.1) is 0 Å². The van der Waals surface area contributed by atoms with E-state index in [1.807, 2.05) is 0 Å². The first-order chi connectivity index (χ1) is 31.0. The van der Waals surface area contributed by atoms with Crippen LogP contribution in [-0.4, -0.2) is 37.2 Å². The number of ether oxygens (including phenoxy) is 3. The summed E-state index contributed by atoms with van der Waals surface area (Å²) in [4.78, 5) is 37.9. The largest absolute Gasteiger partial charge is 0.462 e. The molecule has 0 saturated carbocycles. The Balaban J connectivity index is 4.58. The van der Waals surface area contributed by atoms with E-state index in [0.29, 0.717) is 25.7 Å². The van der Waals surface area contributed by atoms with E-state index in [1.54, 1.807) is 0 Å². The Morgan fingerprint density at radius 3 is 1.10 bits per heavy atom. The van der Waals surface area contributed by atoms with Crippen LogP contribution in [0.3, 0.4) is 0 Å². The van der Waals surface area contributed by atoms with Crippen molar-refractivity contribution in [3.63, 3.8) is 0 Å². The second-order valence-electron chi connectivity index (χ2n) is 16.3. The molecular formula is C57H92O6. The fourth-order valence-corrected chi connectivity index (χ4v) is 6.42. The number of unbranched alkanes of at least 4 members (excludes halogenated alkanes) is 15. The van der Waals surface area contributed by atoms with Gasteiger partial charge in [0.15, 0.2) is 6.10 Å². The van der Waals surface area contributed by atoms with E-state index in [1.165, 1.54) is 64.2 Å². The highest BCUT2D eigenvalue weighted by molar-refractivity contribution is 5.71. The maximum Gasteiger partial charge on any atom is 0.306 e. The maximum atomic E-state index is 12.8. The molecule has 0 aliphatic heterocycles. The number of rotatable bonds is 44. The Morgan fingerprint density at radius 1 is 0.333 bits per heavy atom. The van der Waals surface area contributed by atoms with Gasteiger partial charge in [0, 0.05) is 19.3 Å². The monoisotopic (exact) mass is 873 g/mol. The molecule has 0 heterocycles. The third-order valence-corrected chi connectivity index (χ3v) is 10.2. The summed E-state index contributed by atoms with van der Waals surface area (Å²) in [6.45, 7) is 6.37. The van der Waals surface area contributed by atoms with Crippen LogP contribution in [0.4, 0.5) is 0 Å². The molecule has 0 radical (unpaired) electrons. The van der Waals surface area contributed by atoms with Gasteiger partial charge in [-0.25, -0.2) is 0 Å². The molecule has 1 atom stereocenters. The molecular weight excluding hydrogens is 781 g/mol. The van der Waals surface area contributed by atoms with Crippen molar-refractivity contribution in [2.75, 3.05) is 13.2 Å². The van der Waals surface area contributed by atoms with Crippen LogP contribution < -0.4 is 0 Å². The van der Waals surface area contributed by atoms with E-state index >= 15 is 0 Å². The first-order valence-electron chi connectivity index (χ1n) is 25.4. The quantitative estimate of drug-likeness (QED) is 0.0263. The van der Waals surface area contributed by atoms with Crippen molar-refractivity contribution in [2.24, 2.45) is 0 Å². The zero-order valence-corrected chi connectivity index (χ0v) is 40.5. The van der Waals surface area contributed by atoms with Crippen molar-refractivity contribution in [3.05, 3.63) is 109 Å². The molecule has 356 valence electrons. The molecule has 0 bridgehead atoms. The summed E-state index contributed by atoms with van der Waals surface area (Å²) in [6, 6.07) is 0. The molecule has 0 aromatic heterocycles. The molecule has 0 aliphatic carbocycles. The normalized spacial score (nSPS) is 13.0. The maximum absolute atomic E-state index is 12.8. The zero-order valence-electron chi connectivity index (χ0n) is 40.5. The second-order valence-corrected chi connectivity index (χ2v) is 16.3. The lowest BCUT2D eigenvalue weighted by Crippen LogP contribution is -2.30. The van der Waals surface area contributed by atoms with E-state index in [2.05, 4.69) is 130 Å². The van der Waals surface area contributed by atoms with Crippen LogP contribution in [0.1, 0.15) is 213 Å². The standard InChI is InChI=1S/C57H92O6/c1-4-7-10-13-16-19-22-25-27-28-30-33-36-39-42-45-48-51-57(60)63-54(52-61-55(58)49-46-43-40-37-34-31-24-21-18-15-12-9-6-3)53-62-56(59)50-47-44-41-38-35-32-29-26-23-20-17-14-11-8-5-2/h8,11,16-17,19-21,24-27,29-30,33,35,38-39,42,54H,4-7,9-10,12-15,18,22-23,28,31-32,34,36-37,40-41,43-53H2,1-3H3/b11-8-,19-16-,20-17-,24-21-,27-25-,29-26-,33-30-,38-35-,42-39-/t54-/m0/s1. The minimum Gasteiger partial charge on any atom is -0.462 e. The summed E-state index contributed by atoms with van der Waals surface area (Å²) in [5.74, 6) is -1.03. The van der Waals surface area contributed by atoms with Crippen molar-refractivity contribution in [3.8, 4) is 0 Å². The average Bonchev–Trinajstić information content (AvgIpc) is 3.28. The Bertz CT molecular complexity index is 1330. The number of hydrogen-bond acceptors (Lipinski definition) is 6. The predicted molar refractivity (Wildman–Crippen MR) is 270 cm³/mol. The van der Waals surface area contributed by atoms with Crippen LogP contribution in [-0.2, 0) is 28.6 Å². The van der Waals surface area contributed by atoms with Gasteiger partial charge in [0.05, 0.1) is 0 Å². The Morgan fingerprint density at radius 2 is 0.635 bits per heavy atom. The van der Waals surface area contributed by atoms with Crippen LogP contribution in [0.15, 0.2) is 109 Å². The number of carbonyl (C=O) groups is 3. The van der Waals surface area contributed by atoms with E-state index in [0.717, 1.165) is 96.3 Å². The van der Waals surface area contributed by atoms with Crippen molar-refractivity contribution in [1.82, 2.24) is 0 Å². The third kappa shape index (κ3) is 49.0. The molecule has 0 saturated heterocycles. The molecule has 0 N–H and O–H groups in total. The van der Waals surface area contributed by atoms with Crippen LogP contribution >= 0.6 is 0 Å². The summed E-state index contributed by atoms with van der Waals surface area (Å²) >= 11 is 0. The molecule has 0 fully saturated rings. The highest BCUT2D eigenvalue weighted by atomic mass is 16.6. The summed E-state index contributed by atoms with van der Waals surface area (Å²) < 4.78 is 16.7. The highest BCUT2D eigenvalue weighted by Gasteiger charge is 2.19. The lowest BCUT2D eigenvalue weighted by atomic mass is 10.1. The fraction of sp³-hybridized carbons (Fsp3) is 0.632. The summed E-state index contributed by atoms with van der Waals surface area (Å²) in [6.07, 6.45) is 67.9. The highest BCUT2D eigenvalue weighted by Crippen LogP contribution is 2.11. The first-order valence-corrected chi connectivity index (χ1v) is 25.4. The topological polar surface area (TPSA) is 78.9 Å². The fourth-order valence-electron chi connectivity index (χ4n) is 6.42. The van der Waals surface area contributed by atoms with Gasteiger partial charge >= 0.3 is 17.9 Å². The third-order valence-electron chi connectivity index (χ3n) is 10.2. The van der Waals surface area contributed by atoms with Crippen molar-refractivity contribution in [2.45, 2.75) is 219 Å². The lowest BCUT2D eigenvalue weighted by molar-refractivity contribution is -0.167. The Kier molecular flexibility index (Phi) is 47.5. The number of hydrogen-bond donors (Lipinski definition) is 0. The molecule has 0 aromatic carbocycles. The van der Waals surface area contributed by atoms with E-state index < -0.39 is 6.10 Å². The summed E-state index contributed by atoms with van der Waals surface area (Å²) in [5, 5.41) is 0. The summed E-state index contributed by atoms with van der Waals surface area (Å²) in [5.41, 5.74) is 0. The van der Waals surface area contributed by atoms with Gasteiger partial charge in [-0.3, -0.25) is 14.4 Å². The van der Waals surface area contributed by atoms with Crippen LogP contribution in [0.25, 0.3) is 0 Å². The van der Waals surface area contributed by atoms with Gasteiger partial charge in [-0.1, -0.05) is 182 Å².